The van der Waals surface area contributed by atoms with Crippen molar-refractivity contribution in [2.45, 2.75) is 52.6 Å². The lowest BCUT2D eigenvalue weighted by atomic mass is 9.87. The molecule has 1 aliphatic rings. The SMILES string of the molecule is Cc1cc(C)c(NC(=O)C(=O)NCC2CCCC(O)C2)c(C)c1. The van der Waals surface area contributed by atoms with Crippen LogP contribution in [0.5, 0.6) is 0 Å². The minimum Gasteiger partial charge on any atom is -0.393 e. The van der Waals surface area contributed by atoms with Crippen LogP contribution in [0.3, 0.4) is 0 Å². The van der Waals surface area contributed by atoms with E-state index in [9.17, 15) is 14.7 Å². The fourth-order valence-corrected chi connectivity index (χ4v) is 3.31. The maximum atomic E-state index is 12.1. The summed E-state index contributed by atoms with van der Waals surface area (Å²) in [5, 5.41) is 15.0. The average molecular weight is 318 g/mol. The molecule has 0 aliphatic heterocycles. The molecule has 0 heterocycles. The Kier molecular flexibility index (Phi) is 5.77. The van der Waals surface area contributed by atoms with Gasteiger partial charge in [-0.2, -0.15) is 0 Å². The predicted molar refractivity (Wildman–Crippen MR) is 90.3 cm³/mol. The third kappa shape index (κ3) is 4.79. The zero-order chi connectivity index (χ0) is 17.0. The zero-order valence-corrected chi connectivity index (χ0v) is 14.1. The van der Waals surface area contributed by atoms with Crippen LogP contribution in [0.15, 0.2) is 12.1 Å². The van der Waals surface area contributed by atoms with Gasteiger partial charge in [-0.1, -0.05) is 24.1 Å². The molecule has 0 spiro atoms. The van der Waals surface area contributed by atoms with E-state index in [1.54, 1.807) is 0 Å². The molecule has 3 N–H and O–H groups in total. The topological polar surface area (TPSA) is 78.4 Å². The number of nitrogens with one attached hydrogen (secondary N) is 2. The summed E-state index contributed by atoms with van der Waals surface area (Å²) in [5.74, 6) is -1.01. The van der Waals surface area contributed by atoms with Crippen molar-refractivity contribution < 1.29 is 14.7 Å². The van der Waals surface area contributed by atoms with Crippen LogP contribution >= 0.6 is 0 Å². The molecule has 126 valence electrons. The van der Waals surface area contributed by atoms with Crippen molar-refractivity contribution in [1.82, 2.24) is 5.32 Å². The lowest BCUT2D eigenvalue weighted by Gasteiger charge is -2.25. The fraction of sp³-hybridized carbons (Fsp3) is 0.556. The van der Waals surface area contributed by atoms with E-state index < -0.39 is 11.8 Å². The number of carbonyl (C=O) groups is 2. The second kappa shape index (κ2) is 7.59. The minimum absolute atomic E-state index is 0.248. The molecule has 1 aliphatic carbocycles. The number of hydrogen-bond donors (Lipinski definition) is 3. The summed E-state index contributed by atoms with van der Waals surface area (Å²) in [5.41, 5.74) is 3.71. The van der Waals surface area contributed by atoms with Crippen LogP contribution in [0, 0.1) is 26.7 Å². The molecular formula is C18H26N2O3. The maximum absolute atomic E-state index is 12.1. The molecular weight excluding hydrogens is 292 g/mol. The predicted octanol–water partition coefficient (Wildman–Crippen LogP) is 2.22. The molecule has 1 saturated carbocycles. The monoisotopic (exact) mass is 318 g/mol. The summed E-state index contributed by atoms with van der Waals surface area (Å²) in [6.45, 7) is 6.26. The average Bonchev–Trinajstić information content (AvgIpc) is 2.48. The van der Waals surface area contributed by atoms with E-state index in [1.165, 1.54) is 0 Å². The van der Waals surface area contributed by atoms with Crippen LogP contribution in [0.4, 0.5) is 5.69 Å². The van der Waals surface area contributed by atoms with E-state index in [1.807, 2.05) is 32.9 Å². The molecule has 2 rings (SSSR count). The Morgan fingerprint density at radius 1 is 1.13 bits per heavy atom. The van der Waals surface area contributed by atoms with Gasteiger partial charge in [-0.05, 0) is 57.1 Å². The first kappa shape index (κ1) is 17.5. The van der Waals surface area contributed by atoms with Crippen molar-refractivity contribution in [3.8, 4) is 0 Å². The first-order valence-corrected chi connectivity index (χ1v) is 8.22. The van der Waals surface area contributed by atoms with E-state index in [0.717, 1.165) is 36.0 Å². The van der Waals surface area contributed by atoms with Crippen molar-refractivity contribution in [3.05, 3.63) is 28.8 Å². The van der Waals surface area contributed by atoms with E-state index in [2.05, 4.69) is 10.6 Å². The van der Waals surface area contributed by atoms with E-state index in [-0.39, 0.29) is 12.0 Å². The van der Waals surface area contributed by atoms with Crippen LogP contribution in [-0.4, -0.2) is 29.6 Å². The van der Waals surface area contributed by atoms with E-state index in [0.29, 0.717) is 18.7 Å². The van der Waals surface area contributed by atoms with Gasteiger partial charge in [0.1, 0.15) is 0 Å². The molecule has 1 fully saturated rings. The second-order valence-corrected chi connectivity index (χ2v) is 6.62. The third-order valence-electron chi connectivity index (χ3n) is 4.43. The van der Waals surface area contributed by atoms with Crippen molar-refractivity contribution >= 4 is 17.5 Å². The largest absolute Gasteiger partial charge is 0.393 e. The van der Waals surface area contributed by atoms with Gasteiger partial charge in [-0.3, -0.25) is 9.59 Å². The van der Waals surface area contributed by atoms with Gasteiger partial charge in [0.15, 0.2) is 0 Å². The summed E-state index contributed by atoms with van der Waals surface area (Å²) in [6, 6.07) is 3.95. The van der Waals surface area contributed by atoms with Crippen LogP contribution in [0.1, 0.15) is 42.4 Å². The molecule has 0 bridgehead atoms. The van der Waals surface area contributed by atoms with Crippen LogP contribution in [0.25, 0.3) is 0 Å². The summed E-state index contributed by atoms with van der Waals surface area (Å²) >= 11 is 0. The van der Waals surface area contributed by atoms with Crippen molar-refractivity contribution in [2.75, 3.05) is 11.9 Å². The van der Waals surface area contributed by atoms with E-state index >= 15 is 0 Å². The standard InChI is InChI=1S/C18H26N2O3/c1-11-7-12(2)16(13(3)8-11)20-18(23)17(22)19-10-14-5-4-6-15(21)9-14/h7-8,14-15,21H,4-6,9-10H2,1-3H3,(H,19,22)(H,20,23). The number of aliphatic hydroxyl groups is 1. The molecule has 23 heavy (non-hydrogen) atoms. The smallest absolute Gasteiger partial charge is 0.313 e. The molecule has 1 aromatic carbocycles. The maximum Gasteiger partial charge on any atom is 0.313 e. The number of carbonyl (C=O) groups excluding carboxylic acids is 2. The molecule has 2 atom stereocenters. The van der Waals surface area contributed by atoms with Gasteiger partial charge in [-0.15, -0.1) is 0 Å². The summed E-state index contributed by atoms with van der Waals surface area (Å²) in [7, 11) is 0. The number of rotatable bonds is 3. The normalized spacial score (nSPS) is 20.9. The number of anilines is 1. The number of hydrogen-bond acceptors (Lipinski definition) is 3. The number of benzene rings is 1. The van der Waals surface area contributed by atoms with Gasteiger partial charge in [0.2, 0.25) is 0 Å². The van der Waals surface area contributed by atoms with Crippen molar-refractivity contribution in [1.29, 1.82) is 0 Å². The van der Waals surface area contributed by atoms with Gasteiger partial charge in [-0.25, -0.2) is 0 Å². The van der Waals surface area contributed by atoms with Gasteiger partial charge in [0.25, 0.3) is 0 Å². The third-order valence-corrected chi connectivity index (χ3v) is 4.43. The lowest BCUT2D eigenvalue weighted by molar-refractivity contribution is -0.136. The highest BCUT2D eigenvalue weighted by atomic mass is 16.3. The van der Waals surface area contributed by atoms with Crippen molar-refractivity contribution in [2.24, 2.45) is 5.92 Å². The fourth-order valence-electron chi connectivity index (χ4n) is 3.31. The molecule has 5 heteroatoms. The Morgan fingerprint density at radius 3 is 2.39 bits per heavy atom. The van der Waals surface area contributed by atoms with Gasteiger partial charge in [0.05, 0.1) is 6.10 Å². The van der Waals surface area contributed by atoms with E-state index in [4.69, 9.17) is 0 Å². The highest BCUT2D eigenvalue weighted by Gasteiger charge is 2.22. The van der Waals surface area contributed by atoms with Crippen LogP contribution in [-0.2, 0) is 9.59 Å². The minimum atomic E-state index is -0.642. The summed E-state index contributed by atoms with van der Waals surface area (Å²) < 4.78 is 0. The highest BCUT2D eigenvalue weighted by molar-refractivity contribution is 6.39. The van der Waals surface area contributed by atoms with Crippen molar-refractivity contribution in [3.63, 3.8) is 0 Å². The summed E-state index contributed by atoms with van der Waals surface area (Å²) in [4.78, 5) is 24.0. The molecule has 2 unspecified atom stereocenters. The first-order valence-electron chi connectivity index (χ1n) is 8.22. The first-order chi connectivity index (χ1) is 10.9. The quantitative estimate of drug-likeness (QED) is 0.748. The number of aryl methyl sites for hydroxylation is 3. The second-order valence-electron chi connectivity index (χ2n) is 6.62. The lowest BCUT2D eigenvalue weighted by Crippen LogP contribution is -2.39. The number of aliphatic hydroxyl groups excluding tert-OH is 1. The van der Waals surface area contributed by atoms with Gasteiger partial charge < -0.3 is 15.7 Å². The summed E-state index contributed by atoms with van der Waals surface area (Å²) in [6.07, 6.45) is 3.19. The Hall–Kier alpha value is -1.88. The highest BCUT2D eigenvalue weighted by Crippen LogP contribution is 2.24. The molecule has 0 aromatic heterocycles. The number of amides is 2. The Bertz CT molecular complexity index is 575. The molecule has 2 amide bonds. The molecule has 0 radical (unpaired) electrons. The Morgan fingerprint density at radius 2 is 1.78 bits per heavy atom. The van der Waals surface area contributed by atoms with Gasteiger partial charge >= 0.3 is 11.8 Å². The Balaban J connectivity index is 1.89. The molecule has 0 saturated heterocycles. The molecule has 1 aromatic rings. The Labute approximate surface area is 137 Å². The van der Waals surface area contributed by atoms with Crippen LogP contribution in [0.2, 0.25) is 0 Å². The zero-order valence-electron chi connectivity index (χ0n) is 14.1. The van der Waals surface area contributed by atoms with Gasteiger partial charge in [0, 0.05) is 12.2 Å². The molecule has 5 nitrogen and oxygen atoms in total. The van der Waals surface area contributed by atoms with Crippen LogP contribution < -0.4 is 10.6 Å².